The van der Waals surface area contributed by atoms with Crippen LogP contribution >= 0.6 is 7.82 Å². The molecule has 0 aromatic heterocycles. The fourth-order valence-corrected chi connectivity index (χ4v) is 7.07. The normalized spacial score (nSPS) is 13.8. The van der Waals surface area contributed by atoms with Crippen molar-refractivity contribution in [3.05, 3.63) is 24.3 Å². The molecular weight excluding hydrogens is 785 g/mol. The highest BCUT2D eigenvalue weighted by atomic mass is 31.2. The van der Waals surface area contributed by atoms with Gasteiger partial charge in [0, 0.05) is 26.5 Å². The van der Waals surface area contributed by atoms with Gasteiger partial charge in [0.1, 0.15) is 6.61 Å². The number of carbonyl (C=O) groups excluding carboxylic acids is 3. The molecule has 60 heavy (non-hydrogen) atoms. The van der Waals surface area contributed by atoms with Crippen molar-refractivity contribution in [2.45, 2.75) is 180 Å². The van der Waals surface area contributed by atoms with Gasteiger partial charge in [-0.2, -0.15) is 0 Å². The van der Waals surface area contributed by atoms with Crippen LogP contribution in [0, 0.1) is 0 Å². The number of nitrogens with one attached hydrogen (secondary N) is 3. The van der Waals surface area contributed by atoms with E-state index in [-0.39, 0.29) is 45.1 Å². The minimum Gasteiger partial charge on any atom is -0.462 e. The molecule has 1 amide bonds. The fourth-order valence-electron chi connectivity index (χ4n) is 6.12. The number of esters is 2. The van der Waals surface area contributed by atoms with Crippen LogP contribution in [0.25, 0.3) is 0 Å². The predicted molar refractivity (Wildman–Crippen MR) is 244 cm³/mol. The van der Waals surface area contributed by atoms with E-state index in [0.29, 0.717) is 38.9 Å². The van der Waals surface area contributed by atoms with Gasteiger partial charge in [-0.05, 0) is 110 Å². The third-order valence-corrected chi connectivity index (χ3v) is 11.2. The van der Waals surface area contributed by atoms with Crippen LogP contribution in [-0.4, -0.2) is 96.2 Å². The molecular formula is C45H88N5O9P. The van der Waals surface area contributed by atoms with Crippen LogP contribution in [0.4, 0.5) is 0 Å². The molecule has 0 aliphatic rings. The number of unbranched alkanes of at least 4 members (excludes halogenated alkanes) is 14. The second-order valence-corrected chi connectivity index (χ2v) is 17.1. The van der Waals surface area contributed by atoms with Crippen LogP contribution in [0.15, 0.2) is 24.3 Å². The van der Waals surface area contributed by atoms with E-state index in [9.17, 15) is 18.9 Å². The maximum Gasteiger partial charge on any atom is 0.474 e. The van der Waals surface area contributed by atoms with Gasteiger partial charge in [0.2, 0.25) is 5.91 Å². The molecule has 15 heteroatoms. The van der Waals surface area contributed by atoms with Crippen molar-refractivity contribution >= 4 is 25.7 Å². The van der Waals surface area contributed by atoms with E-state index < -0.39 is 31.9 Å². The molecule has 7 N–H and O–H groups in total. The summed E-state index contributed by atoms with van der Waals surface area (Å²) in [6.07, 6.45) is 30.7. The fraction of sp³-hybridized carbons (Fsp3) is 0.844. The second kappa shape index (κ2) is 43.5. The Morgan fingerprint density at radius 2 is 1.15 bits per heavy atom. The molecule has 0 radical (unpaired) electrons. The van der Waals surface area contributed by atoms with E-state index in [4.69, 9.17) is 34.5 Å². The van der Waals surface area contributed by atoms with Crippen LogP contribution in [-0.2, 0) is 42.0 Å². The van der Waals surface area contributed by atoms with E-state index in [2.05, 4.69) is 54.1 Å². The van der Waals surface area contributed by atoms with Crippen LogP contribution in [0.2, 0.25) is 0 Å². The standard InChI is InChI=1S/C45H88N5O9P/c1-4-6-8-10-12-14-16-18-20-22-24-30-43(51)56-39-41(59-44(52)31-25-23-21-19-17-15-13-11-9-7-5-2)40-58-60(54,55-3)57-38-37-50-45(53)42(49-36-28-33-47)29-26-34-48-35-27-32-46/h10-13,41-42,48-49H,4-9,14-40,46-47H2,1-3H3,(H,50,53)/b12-10-,13-11-. The molecule has 0 aliphatic heterocycles. The van der Waals surface area contributed by atoms with Gasteiger partial charge in [-0.25, -0.2) is 4.57 Å². The molecule has 0 aromatic rings. The van der Waals surface area contributed by atoms with E-state index in [1.54, 1.807) is 0 Å². The Labute approximate surface area is 364 Å². The molecule has 14 nitrogen and oxygen atoms in total. The zero-order valence-electron chi connectivity index (χ0n) is 38.1. The minimum atomic E-state index is -4.11. The lowest BCUT2D eigenvalue weighted by atomic mass is 10.1. The minimum absolute atomic E-state index is 0.0567. The number of rotatable bonds is 45. The average molecular weight is 874 g/mol. The first-order valence-corrected chi connectivity index (χ1v) is 24.9. The van der Waals surface area contributed by atoms with Gasteiger partial charge < -0.3 is 36.9 Å². The third kappa shape index (κ3) is 37.6. The lowest BCUT2D eigenvalue weighted by molar-refractivity contribution is -0.161. The summed E-state index contributed by atoms with van der Waals surface area (Å²) in [5, 5.41) is 9.40. The summed E-state index contributed by atoms with van der Waals surface area (Å²) >= 11 is 0. The average Bonchev–Trinajstić information content (AvgIpc) is 3.24. The lowest BCUT2D eigenvalue weighted by Gasteiger charge is -2.22. The molecule has 3 unspecified atom stereocenters. The van der Waals surface area contributed by atoms with Gasteiger partial charge in [-0.3, -0.25) is 28.0 Å². The van der Waals surface area contributed by atoms with Crippen molar-refractivity contribution in [1.29, 1.82) is 0 Å². The van der Waals surface area contributed by atoms with Gasteiger partial charge in [0.15, 0.2) is 6.10 Å². The molecule has 0 heterocycles. The Kier molecular flexibility index (Phi) is 41.9. The summed E-state index contributed by atoms with van der Waals surface area (Å²) in [5.74, 6) is -1.05. The number of nitrogens with two attached hydrogens (primary N) is 2. The Bertz CT molecular complexity index is 1130. The maximum absolute atomic E-state index is 13.4. The zero-order valence-corrected chi connectivity index (χ0v) is 39.0. The highest BCUT2D eigenvalue weighted by molar-refractivity contribution is 7.48. The second-order valence-electron chi connectivity index (χ2n) is 15.4. The number of hydrogen-bond acceptors (Lipinski definition) is 13. The van der Waals surface area contributed by atoms with E-state index in [1.165, 1.54) is 32.8 Å². The Hall–Kier alpha value is -2.16. The molecule has 3 atom stereocenters. The van der Waals surface area contributed by atoms with Gasteiger partial charge >= 0.3 is 19.8 Å². The molecule has 0 saturated carbocycles. The largest absolute Gasteiger partial charge is 0.474 e. The zero-order chi connectivity index (χ0) is 44.2. The molecule has 0 saturated heterocycles. The van der Waals surface area contributed by atoms with Gasteiger partial charge in [-0.1, -0.05) is 102 Å². The van der Waals surface area contributed by atoms with Crippen LogP contribution in [0.3, 0.4) is 0 Å². The van der Waals surface area contributed by atoms with Gasteiger partial charge in [-0.15, -0.1) is 0 Å². The third-order valence-electron chi connectivity index (χ3n) is 9.80. The summed E-state index contributed by atoms with van der Waals surface area (Å²) in [6.45, 7) is 7.02. The number of hydrogen-bond donors (Lipinski definition) is 5. The smallest absolute Gasteiger partial charge is 0.462 e. The summed E-state index contributed by atoms with van der Waals surface area (Å²) in [4.78, 5) is 38.5. The monoisotopic (exact) mass is 874 g/mol. The van der Waals surface area contributed by atoms with Crippen LogP contribution in [0.1, 0.15) is 168 Å². The molecule has 0 aromatic carbocycles. The Morgan fingerprint density at radius 1 is 0.617 bits per heavy atom. The molecule has 0 aliphatic carbocycles. The highest BCUT2D eigenvalue weighted by Gasteiger charge is 2.29. The van der Waals surface area contributed by atoms with Crippen molar-refractivity contribution in [2.75, 3.05) is 66.2 Å². The number of amides is 1. The quantitative estimate of drug-likeness (QED) is 0.0169. The Morgan fingerprint density at radius 3 is 1.73 bits per heavy atom. The van der Waals surface area contributed by atoms with Crippen LogP contribution < -0.4 is 27.4 Å². The number of carbonyl (C=O) groups is 3. The van der Waals surface area contributed by atoms with E-state index in [0.717, 1.165) is 109 Å². The van der Waals surface area contributed by atoms with Crippen molar-refractivity contribution in [1.82, 2.24) is 16.0 Å². The molecule has 0 fully saturated rings. The highest BCUT2D eigenvalue weighted by Crippen LogP contribution is 2.48. The summed E-state index contributed by atoms with van der Waals surface area (Å²) in [6, 6.07) is -0.424. The van der Waals surface area contributed by atoms with Gasteiger partial charge in [0.05, 0.1) is 19.3 Å². The van der Waals surface area contributed by atoms with Gasteiger partial charge in [0.25, 0.3) is 0 Å². The molecule has 0 bridgehead atoms. The van der Waals surface area contributed by atoms with E-state index in [1.807, 2.05) is 0 Å². The summed E-state index contributed by atoms with van der Waals surface area (Å²) in [7, 11) is -2.92. The van der Waals surface area contributed by atoms with Crippen LogP contribution in [0.5, 0.6) is 0 Å². The van der Waals surface area contributed by atoms with Crippen molar-refractivity contribution in [2.24, 2.45) is 11.5 Å². The molecule has 0 spiro atoms. The Balaban J connectivity index is 4.99. The molecule has 0 rings (SSSR count). The first kappa shape index (κ1) is 57.8. The maximum atomic E-state index is 13.4. The number of ether oxygens (including phenoxy) is 2. The summed E-state index contributed by atoms with van der Waals surface area (Å²) in [5.41, 5.74) is 11.2. The first-order valence-electron chi connectivity index (χ1n) is 23.5. The number of phosphoric ester groups is 1. The van der Waals surface area contributed by atoms with Crippen molar-refractivity contribution < 1.29 is 42.0 Å². The van der Waals surface area contributed by atoms with Crippen molar-refractivity contribution in [3.8, 4) is 0 Å². The lowest BCUT2D eigenvalue weighted by Crippen LogP contribution is -2.46. The first-order chi connectivity index (χ1) is 29.2. The topological polar surface area (TPSA) is 203 Å². The SMILES string of the molecule is CCCC/C=C\CCCCCCCC(=O)OCC(COP(=O)(OC)OCCNC(=O)C(CCCNCCCN)NCCCN)OC(=O)CCCCCCC/C=C\CCCC. The number of allylic oxidation sites excluding steroid dienone is 4. The van der Waals surface area contributed by atoms with E-state index >= 15 is 0 Å². The van der Waals surface area contributed by atoms with Crippen molar-refractivity contribution in [3.63, 3.8) is 0 Å². The summed E-state index contributed by atoms with van der Waals surface area (Å²) < 4.78 is 40.6. The number of phosphoric acid groups is 1. The predicted octanol–water partition coefficient (Wildman–Crippen LogP) is 8.33. The molecule has 352 valence electrons.